The van der Waals surface area contributed by atoms with E-state index in [-0.39, 0.29) is 43.6 Å². The molecule has 2 aliphatic heterocycles. The van der Waals surface area contributed by atoms with Crippen LogP contribution in [0.3, 0.4) is 0 Å². The highest BCUT2D eigenvalue weighted by Crippen LogP contribution is 2.68. The third kappa shape index (κ3) is 7.81. The van der Waals surface area contributed by atoms with Crippen LogP contribution >= 0.6 is 7.67 Å². The molecule has 2 aromatic rings. The number of carbonyl (C=O) groups excluding carboxylic acids is 1. The first-order chi connectivity index (χ1) is 23.7. The molecule has 50 heavy (non-hydrogen) atoms. The van der Waals surface area contributed by atoms with Crippen molar-refractivity contribution in [2.75, 3.05) is 63.4 Å². The maximum Gasteiger partial charge on any atom is 0.341 e. The van der Waals surface area contributed by atoms with Gasteiger partial charge < -0.3 is 48.9 Å². The van der Waals surface area contributed by atoms with Crippen molar-refractivity contribution in [1.29, 1.82) is 0 Å². The molecule has 8 atom stereocenters. The molecule has 0 aromatic carbocycles. The zero-order chi connectivity index (χ0) is 36.4. The van der Waals surface area contributed by atoms with E-state index >= 15 is 0 Å². The van der Waals surface area contributed by atoms with E-state index in [4.69, 9.17) is 29.2 Å². The Labute approximate surface area is 293 Å². The lowest BCUT2D eigenvalue weighted by atomic mass is 10.1. The second kappa shape index (κ2) is 15.6. The Bertz CT molecular complexity index is 1520. The normalized spacial score (nSPS) is 28.9. The summed E-state index contributed by atoms with van der Waals surface area (Å²) in [6.45, 7) is 16.1. The van der Waals surface area contributed by atoms with E-state index in [1.165, 1.54) is 6.33 Å². The number of morpholine rings is 1. The first kappa shape index (κ1) is 38.8. The van der Waals surface area contributed by atoms with Crippen molar-refractivity contribution in [3.05, 3.63) is 6.33 Å². The summed E-state index contributed by atoms with van der Waals surface area (Å²) in [5.74, 6) is 0.378. The average molecular weight is 727 g/mol. The summed E-state index contributed by atoms with van der Waals surface area (Å²) in [6, 6.07) is -2.07. The highest BCUT2D eigenvalue weighted by atomic mass is 31.2. The number of esters is 1. The van der Waals surface area contributed by atoms with E-state index in [0.29, 0.717) is 62.7 Å². The Morgan fingerprint density at radius 2 is 1.84 bits per heavy atom. The molecule has 0 spiro atoms. The van der Waals surface area contributed by atoms with Crippen molar-refractivity contribution in [3.63, 3.8) is 0 Å². The van der Waals surface area contributed by atoms with Gasteiger partial charge in [0.1, 0.15) is 35.5 Å². The van der Waals surface area contributed by atoms with Gasteiger partial charge in [0, 0.05) is 25.7 Å². The molecule has 8 unspecified atom stereocenters. The van der Waals surface area contributed by atoms with E-state index in [9.17, 15) is 19.6 Å². The van der Waals surface area contributed by atoms with Crippen LogP contribution < -0.4 is 20.8 Å². The van der Waals surface area contributed by atoms with Crippen LogP contribution in [0.1, 0.15) is 67.3 Å². The molecule has 4 heterocycles. The number of nitrogens with zero attached hydrogens (tertiary/aromatic N) is 5. The first-order valence-electron chi connectivity index (χ1n) is 17.6. The fourth-order valence-corrected chi connectivity index (χ4v) is 9.06. The Morgan fingerprint density at radius 1 is 1.14 bits per heavy atom. The van der Waals surface area contributed by atoms with Gasteiger partial charge in [-0.3, -0.25) is 9.36 Å². The van der Waals surface area contributed by atoms with E-state index in [1.54, 1.807) is 18.4 Å². The van der Waals surface area contributed by atoms with Gasteiger partial charge in [0.15, 0.2) is 17.0 Å². The van der Waals surface area contributed by atoms with Gasteiger partial charge in [-0.1, -0.05) is 27.7 Å². The molecule has 3 aliphatic rings. The predicted molar refractivity (Wildman–Crippen MR) is 185 cm³/mol. The Kier molecular flexibility index (Phi) is 12.1. The molecule has 18 heteroatoms. The van der Waals surface area contributed by atoms with Crippen LogP contribution in [0.15, 0.2) is 6.33 Å². The van der Waals surface area contributed by atoms with Gasteiger partial charge in [-0.2, -0.15) is 9.97 Å². The number of hydrogen-bond donors (Lipinski definition) is 5. The van der Waals surface area contributed by atoms with Crippen LogP contribution in [0.4, 0.5) is 11.8 Å². The SMILES string of the molecule is CCOCC(CC(C)C)NP(=O)(NC(CC(C)C)C(=O)OCC)OCC1OC2(C)C(n3cnc4c(N5CCOCC5)nc(N)nc43)C2(O)C1O. The van der Waals surface area contributed by atoms with Crippen molar-refractivity contribution < 1.29 is 43.0 Å². The smallest absolute Gasteiger partial charge is 0.341 e. The van der Waals surface area contributed by atoms with Crippen LogP contribution in [0.5, 0.6) is 0 Å². The maximum atomic E-state index is 14.6. The lowest BCUT2D eigenvalue weighted by Gasteiger charge is -2.31. The minimum absolute atomic E-state index is 0.0471. The number of nitrogens with one attached hydrogen (secondary N) is 2. The summed E-state index contributed by atoms with van der Waals surface area (Å²) < 4.78 is 45.1. The van der Waals surface area contributed by atoms with Gasteiger partial charge in [-0.25, -0.2) is 15.2 Å². The van der Waals surface area contributed by atoms with E-state index < -0.39 is 49.1 Å². The number of aliphatic hydroxyl groups excluding tert-OH is 1. The molecule has 0 radical (unpaired) electrons. The molecule has 0 amide bonds. The fraction of sp³-hybridized carbons (Fsp3) is 0.812. The van der Waals surface area contributed by atoms with Crippen LogP contribution in [-0.4, -0.2) is 124 Å². The van der Waals surface area contributed by atoms with Gasteiger partial charge in [0.05, 0.1) is 39.4 Å². The summed E-state index contributed by atoms with van der Waals surface area (Å²) in [5, 5.41) is 29.5. The first-order valence-corrected chi connectivity index (χ1v) is 19.2. The van der Waals surface area contributed by atoms with E-state index in [1.807, 2.05) is 39.5 Å². The topological polar surface area (TPSA) is 218 Å². The zero-order valence-electron chi connectivity index (χ0n) is 30.2. The molecule has 3 fully saturated rings. The average Bonchev–Trinajstić information content (AvgIpc) is 3.25. The van der Waals surface area contributed by atoms with Gasteiger partial charge in [-0.15, -0.1) is 0 Å². The second-order valence-corrected chi connectivity index (χ2v) is 16.2. The molecule has 5 rings (SSSR count). The molecule has 1 saturated carbocycles. The minimum Gasteiger partial charge on any atom is -0.465 e. The number of nitrogen functional groups attached to an aromatic ring is 1. The molecule has 6 N–H and O–H groups in total. The number of nitrogens with two attached hydrogens (primary N) is 1. The Balaban J connectivity index is 1.36. The molecule has 17 nitrogen and oxygen atoms in total. The lowest BCUT2D eigenvalue weighted by Crippen LogP contribution is -2.45. The number of carbonyl (C=O) groups is 1. The number of ether oxygens (including phenoxy) is 4. The monoisotopic (exact) mass is 726 g/mol. The molecule has 2 saturated heterocycles. The fourth-order valence-electron chi connectivity index (χ4n) is 7.20. The van der Waals surface area contributed by atoms with Crippen molar-refractivity contribution in [3.8, 4) is 0 Å². The van der Waals surface area contributed by atoms with Crippen molar-refractivity contribution in [2.45, 2.75) is 103 Å². The number of rotatable bonds is 18. The van der Waals surface area contributed by atoms with Gasteiger partial charge >= 0.3 is 13.6 Å². The molecule has 1 aliphatic carbocycles. The Morgan fingerprint density at radius 3 is 2.44 bits per heavy atom. The maximum absolute atomic E-state index is 14.6. The Hall–Kier alpha value is -2.47. The van der Waals surface area contributed by atoms with Crippen LogP contribution in [0.25, 0.3) is 11.2 Å². The molecule has 2 aromatic heterocycles. The number of hydrogen-bond acceptors (Lipinski definition) is 14. The number of anilines is 2. The zero-order valence-corrected chi connectivity index (χ0v) is 31.1. The number of aliphatic hydroxyl groups is 2. The van der Waals surface area contributed by atoms with E-state index in [2.05, 4.69) is 25.1 Å². The van der Waals surface area contributed by atoms with Crippen LogP contribution in [0.2, 0.25) is 0 Å². The quantitative estimate of drug-likeness (QED) is 0.109. The van der Waals surface area contributed by atoms with Crippen molar-refractivity contribution >= 4 is 36.6 Å². The second-order valence-electron chi connectivity index (χ2n) is 14.3. The molecule has 282 valence electrons. The van der Waals surface area contributed by atoms with Gasteiger partial charge in [0.25, 0.3) is 0 Å². The highest BCUT2D eigenvalue weighted by Gasteiger charge is 2.85. The molecular weight excluding hydrogens is 671 g/mol. The number of aromatic nitrogens is 4. The number of imidazole rings is 1. The summed E-state index contributed by atoms with van der Waals surface area (Å²) in [4.78, 5) is 28.4. The third-order valence-corrected chi connectivity index (χ3v) is 11.4. The predicted octanol–water partition coefficient (Wildman–Crippen LogP) is 1.78. The largest absolute Gasteiger partial charge is 0.465 e. The summed E-state index contributed by atoms with van der Waals surface area (Å²) in [7, 11) is -4.02. The standard InChI is InChI=1S/C32H55N8O9P/c1-8-45-16-21(14-19(3)4)37-50(44,38-22(15-20(5)6)28(42)47-9-2)48-17-23-25(41)32(43)29(31(32,7)49-23)40-18-34-24-26(35-30(33)36-27(24)40)39-10-12-46-13-11-39/h18-23,25,29,41,43H,8-17H2,1-7H3,(H2,33,35,36)(H2,37,38,44). The summed E-state index contributed by atoms with van der Waals surface area (Å²) in [6.07, 6.45) is 0.00342. The third-order valence-electron chi connectivity index (χ3n) is 9.52. The molecular formula is C32H55N8O9P. The number of fused-ring (bicyclic) bond motifs is 2. The van der Waals surface area contributed by atoms with Crippen molar-refractivity contribution in [1.82, 2.24) is 29.7 Å². The summed E-state index contributed by atoms with van der Waals surface area (Å²) >= 11 is 0. The minimum atomic E-state index is -4.02. The van der Waals surface area contributed by atoms with Crippen LogP contribution in [0, 0.1) is 11.8 Å². The van der Waals surface area contributed by atoms with Crippen LogP contribution in [-0.2, 0) is 32.8 Å². The van der Waals surface area contributed by atoms with E-state index in [0.717, 1.165) is 0 Å². The lowest BCUT2D eigenvalue weighted by molar-refractivity contribution is -0.145. The highest BCUT2D eigenvalue weighted by molar-refractivity contribution is 7.54. The van der Waals surface area contributed by atoms with Crippen molar-refractivity contribution in [2.24, 2.45) is 11.8 Å². The van der Waals surface area contributed by atoms with Gasteiger partial charge in [0.2, 0.25) is 5.95 Å². The van der Waals surface area contributed by atoms with Gasteiger partial charge in [-0.05, 0) is 45.4 Å². The molecule has 0 bridgehead atoms. The summed E-state index contributed by atoms with van der Waals surface area (Å²) in [5.41, 5.74) is 4.01.